The maximum atomic E-state index is 10.8. The Kier molecular flexibility index (Phi) is 2.11. The van der Waals surface area contributed by atoms with Gasteiger partial charge in [-0.05, 0) is 41.9 Å². The minimum atomic E-state index is -0.114. The van der Waals surface area contributed by atoms with E-state index in [9.17, 15) is 9.70 Å². The largest absolute Gasteiger partial charge is 0.290 e. The first-order chi connectivity index (χ1) is 5.22. The second-order valence-electron chi connectivity index (χ2n) is 2.28. The van der Waals surface area contributed by atoms with Crippen LogP contribution in [0.5, 0.6) is 0 Å². The van der Waals surface area contributed by atoms with Gasteiger partial charge in [0.05, 0.1) is 0 Å². The third-order valence-electron chi connectivity index (χ3n) is 1.27. The van der Waals surface area contributed by atoms with Crippen LogP contribution in [0.3, 0.4) is 0 Å². The van der Waals surface area contributed by atoms with Crippen molar-refractivity contribution in [3.05, 3.63) is 45.0 Å². The molecule has 1 rings (SSSR count). The van der Waals surface area contributed by atoms with E-state index in [2.05, 4.69) is 5.18 Å². The smallest absolute Gasteiger partial charge is 0.178 e. The number of nitrogens with zero attached hydrogens (tertiary/aromatic N) is 1. The summed E-state index contributed by atoms with van der Waals surface area (Å²) in [5.74, 6) is 0. The van der Waals surface area contributed by atoms with E-state index in [4.69, 9.17) is 0 Å². The molecule has 0 bridgehead atoms. The molecular weight excluding hydrogens is 142 g/mol. The highest BCUT2D eigenvalue weighted by Gasteiger charge is 1.89. The molecule has 1 aromatic rings. The zero-order valence-electron chi connectivity index (χ0n) is 6.07. The number of nitroso groups, excluding NO2 is 1. The highest BCUT2D eigenvalue weighted by Crippen LogP contribution is 2.08. The van der Waals surface area contributed by atoms with E-state index in [0.29, 0.717) is 0 Å². The standard InChI is InChI=1S/C8H7NO2/c1-6-4-7(9-11)2-3-8(10)5-6/h2-5H,1H3. The molecule has 56 valence electrons. The summed E-state index contributed by atoms with van der Waals surface area (Å²) in [5, 5.41) is 2.72. The van der Waals surface area contributed by atoms with E-state index in [-0.39, 0.29) is 11.1 Å². The molecule has 3 nitrogen and oxygen atoms in total. The highest BCUT2D eigenvalue weighted by molar-refractivity contribution is 5.37. The van der Waals surface area contributed by atoms with Crippen LogP contribution in [-0.4, -0.2) is 0 Å². The van der Waals surface area contributed by atoms with Crippen molar-refractivity contribution < 1.29 is 0 Å². The Morgan fingerprint density at radius 3 is 2.64 bits per heavy atom. The normalized spacial score (nSPS) is 9.18. The molecule has 0 N–H and O–H groups in total. The predicted octanol–water partition coefficient (Wildman–Crippen LogP) is 1.75. The van der Waals surface area contributed by atoms with E-state index < -0.39 is 0 Å². The average molecular weight is 149 g/mol. The summed E-state index contributed by atoms with van der Waals surface area (Å²) in [6, 6.07) is 5.75. The lowest BCUT2D eigenvalue weighted by Gasteiger charge is -1.79. The van der Waals surface area contributed by atoms with Gasteiger partial charge in [-0.2, -0.15) is 0 Å². The van der Waals surface area contributed by atoms with Crippen LogP contribution in [0.25, 0.3) is 0 Å². The minimum Gasteiger partial charge on any atom is -0.290 e. The maximum absolute atomic E-state index is 10.8. The van der Waals surface area contributed by atoms with E-state index in [1.807, 2.05) is 0 Å². The van der Waals surface area contributed by atoms with Crippen molar-refractivity contribution in [3.8, 4) is 0 Å². The van der Waals surface area contributed by atoms with E-state index in [1.54, 1.807) is 13.0 Å². The fourth-order valence-electron chi connectivity index (χ4n) is 0.820. The second kappa shape index (κ2) is 3.05. The molecule has 0 amide bonds. The summed E-state index contributed by atoms with van der Waals surface area (Å²) in [5.41, 5.74) is 0.914. The molecule has 0 fully saturated rings. The van der Waals surface area contributed by atoms with Crippen molar-refractivity contribution in [2.45, 2.75) is 6.92 Å². The molecule has 3 heteroatoms. The van der Waals surface area contributed by atoms with Gasteiger partial charge in [0, 0.05) is 0 Å². The molecule has 0 aliphatic heterocycles. The number of hydrogen-bond acceptors (Lipinski definition) is 3. The topological polar surface area (TPSA) is 46.5 Å². The van der Waals surface area contributed by atoms with Crippen LogP contribution in [0, 0.1) is 11.8 Å². The van der Waals surface area contributed by atoms with Gasteiger partial charge in [0.2, 0.25) is 0 Å². The van der Waals surface area contributed by atoms with Crippen molar-refractivity contribution in [2.24, 2.45) is 5.18 Å². The highest BCUT2D eigenvalue weighted by atomic mass is 16.3. The van der Waals surface area contributed by atoms with Crippen LogP contribution in [0.15, 0.2) is 34.2 Å². The second-order valence-corrected chi connectivity index (χ2v) is 2.28. The molecular formula is C8H7NO2. The van der Waals surface area contributed by atoms with Crippen molar-refractivity contribution >= 4 is 5.69 Å². The zero-order chi connectivity index (χ0) is 8.27. The first-order valence-electron chi connectivity index (χ1n) is 3.18. The fraction of sp³-hybridized carbons (Fsp3) is 0.125. The maximum Gasteiger partial charge on any atom is 0.178 e. The third-order valence-corrected chi connectivity index (χ3v) is 1.27. The first kappa shape index (κ1) is 7.60. The molecule has 0 saturated carbocycles. The van der Waals surface area contributed by atoms with E-state index in [0.717, 1.165) is 5.56 Å². The van der Waals surface area contributed by atoms with Gasteiger partial charge in [0.25, 0.3) is 0 Å². The zero-order valence-corrected chi connectivity index (χ0v) is 6.07. The molecule has 0 aliphatic rings. The van der Waals surface area contributed by atoms with Crippen LogP contribution in [-0.2, 0) is 0 Å². The summed E-state index contributed by atoms with van der Waals surface area (Å²) in [6.07, 6.45) is 0. The monoisotopic (exact) mass is 149 g/mol. The fourth-order valence-corrected chi connectivity index (χ4v) is 0.820. The van der Waals surface area contributed by atoms with Crippen molar-refractivity contribution in [2.75, 3.05) is 0 Å². The van der Waals surface area contributed by atoms with Crippen molar-refractivity contribution in [1.29, 1.82) is 0 Å². The van der Waals surface area contributed by atoms with Crippen LogP contribution in [0.1, 0.15) is 5.56 Å². The summed E-state index contributed by atoms with van der Waals surface area (Å²) in [6.45, 7) is 1.75. The Morgan fingerprint density at radius 1 is 1.27 bits per heavy atom. The van der Waals surface area contributed by atoms with Gasteiger partial charge in [-0.15, -0.1) is 4.91 Å². The summed E-state index contributed by atoms with van der Waals surface area (Å²) in [7, 11) is 0. The summed E-state index contributed by atoms with van der Waals surface area (Å²) >= 11 is 0. The Bertz CT molecular complexity index is 333. The summed E-state index contributed by atoms with van der Waals surface area (Å²) < 4.78 is 0. The van der Waals surface area contributed by atoms with Gasteiger partial charge in [-0.1, -0.05) is 0 Å². The molecule has 1 aromatic carbocycles. The quantitative estimate of drug-likeness (QED) is 0.571. The number of hydrogen-bond donors (Lipinski definition) is 0. The van der Waals surface area contributed by atoms with Crippen LogP contribution < -0.4 is 5.43 Å². The molecule has 0 heterocycles. The minimum absolute atomic E-state index is 0.114. The molecule has 0 unspecified atom stereocenters. The summed E-state index contributed by atoms with van der Waals surface area (Å²) in [4.78, 5) is 20.9. The van der Waals surface area contributed by atoms with Gasteiger partial charge in [-0.25, -0.2) is 0 Å². The van der Waals surface area contributed by atoms with Crippen molar-refractivity contribution in [1.82, 2.24) is 0 Å². The Morgan fingerprint density at radius 2 is 2.00 bits per heavy atom. The van der Waals surface area contributed by atoms with Crippen LogP contribution >= 0.6 is 0 Å². The lowest BCUT2D eigenvalue weighted by Crippen LogP contribution is -1.89. The SMILES string of the molecule is Cc1cc(N=O)ccc(=O)c1. The predicted molar refractivity (Wildman–Crippen MR) is 42.9 cm³/mol. The van der Waals surface area contributed by atoms with Gasteiger partial charge in [0.15, 0.2) is 5.43 Å². The lowest BCUT2D eigenvalue weighted by molar-refractivity contribution is 1.45. The van der Waals surface area contributed by atoms with Gasteiger partial charge in [0.1, 0.15) is 5.69 Å². The van der Waals surface area contributed by atoms with Gasteiger partial charge in [-0.3, -0.25) is 4.79 Å². The number of rotatable bonds is 1. The molecule has 0 spiro atoms. The van der Waals surface area contributed by atoms with Gasteiger partial charge >= 0.3 is 0 Å². The molecule has 0 saturated heterocycles. The van der Waals surface area contributed by atoms with E-state index in [1.165, 1.54) is 18.2 Å². The van der Waals surface area contributed by atoms with Crippen LogP contribution in [0.2, 0.25) is 0 Å². The van der Waals surface area contributed by atoms with Crippen molar-refractivity contribution in [3.63, 3.8) is 0 Å². The molecule has 0 aromatic heterocycles. The third kappa shape index (κ3) is 1.97. The molecule has 0 atom stereocenters. The molecule has 0 aliphatic carbocycles. The van der Waals surface area contributed by atoms with Crippen LogP contribution in [0.4, 0.5) is 5.69 Å². The molecule has 11 heavy (non-hydrogen) atoms. The number of aryl methyl sites for hydroxylation is 1. The average Bonchev–Trinajstić information content (AvgIpc) is 2.11. The van der Waals surface area contributed by atoms with E-state index >= 15 is 0 Å². The van der Waals surface area contributed by atoms with Gasteiger partial charge < -0.3 is 0 Å². The Balaban J connectivity index is 3.41. The Hall–Kier alpha value is -1.51. The molecule has 0 radical (unpaired) electrons. The first-order valence-corrected chi connectivity index (χ1v) is 3.18. The lowest BCUT2D eigenvalue weighted by atomic mass is 10.3. The Labute approximate surface area is 63.7 Å².